The van der Waals surface area contributed by atoms with Crippen molar-refractivity contribution >= 4 is 15.9 Å². The minimum Gasteiger partial charge on any atom is -0.435 e. The number of rotatable bonds is 4. The van der Waals surface area contributed by atoms with Gasteiger partial charge in [0.15, 0.2) is 0 Å². The number of hydrogen-bond acceptors (Lipinski definition) is 2. The molecule has 2 nitrogen and oxygen atoms in total. The summed E-state index contributed by atoms with van der Waals surface area (Å²) in [6.45, 7) is -2.85. The molecule has 0 fully saturated rings. The van der Waals surface area contributed by atoms with E-state index in [-0.39, 0.29) is 12.2 Å². The van der Waals surface area contributed by atoms with E-state index in [9.17, 15) is 8.78 Å². The Morgan fingerprint density at radius 3 is 2.80 bits per heavy atom. The fraction of sp³-hybridized carbons (Fsp3) is 0.300. The summed E-state index contributed by atoms with van der Waals surface area (Å²) in [5.74, 6) is 0.120. The molecule has 1 rings (SSSR count). The average Bonchev–Trinajstić information content (AvgIpc) is 2.16. The molecule has 0 heterocycles. The van der Waals surface area contributed by atoms with Gasteiger partial charge >= 0.3 is 6.61 Å². The van der Waals surface area contributed by atoms with E-state index in [4.69, 9.17) is 5.26 Å². The quantitative estimate of drug-likeness (QED) is 0.843. The van der Waals surface area contributed by atoms with E-state index >= 15 is 0 Å². The molecule has 0 atom stereocenters. The lowest BCUT2D eigenvalue weighted by atomic mass is 10.1. The summed E-state index contributed by atoms with van der Waals surface area (Å²) in [6.07, 6.45) is 0.688. The third kappa shape index (κ3) is 3.84. The Morgan fingerprint density at radius 1 is 1.47 bits per heavy atom. The van der Waals surface area contributed by atoms with Crippen molar-refractivity contribution < 1.29 is 13.5 Å². The van der Waals surface area contributed by atoms with Crippen LogP contribution in [0.1, 0.15) is 12.0 Å². The summed E-state index contributed by atoms with van der Waals surface area (Å²) in [7, 11) is 0. The molecule has 0 bridgehead atoms. The third-order valence-electron chi connectivity index (χ3n) is 1.75. The van der Waals surface area contributed by atoms with Crippen molar-refractivity contribution in [2.24, 2.45) is 0 Å². The zero-order chi connectivity index (χ0) is 11.3. The van der Waals surface area contributed by atoms with Gasteiger partial charge in [0.2, 0.25) is 0 Å². The lowest BCUT2D eigenvalue weighted by Crippen LogP contribution is -2.04. The van der Waals surface area contributed by atoms with Gasteiger partial charge in [0, 0.05) is 10.9 Å². The second-order valence-corrected chi connectivity index (χ2v) is 3.70. The maximum Gasteiger partial charge on any atom is 0.387 e. The van der Waals surface area contributed by atoms with Crippen molar-refractivity contribution in [1.29, 1.82) is 5.26 Å². The maximum absolute atomic E-state index is 12.1. The number of benzene rings is 1. The molecule has 0 spiro atoms. The minimum atomic E-state index is -2.85. The molecule has 0 radical (unpaired) electrons. The van der Waals surface area contributed by atoms with Crippen LogP contribution in [0.4, 0.5) is 8.78 Å². The first-order valence-electron chi connectivity index (χ1n) is 4.23. The van der Waals surface area contributed by atoms with Crippen molar-refractivity contribution in [1.82, 2.24) is 0 Å². The van der Waals surface area contributed by atoms with Crippen LogP contribution in [0.2, 0.25) is 0 Å². The third-order valence-corrected chi connectivity index (χ3v) is 2.24. The van der Waals surface area contributed by atoms with Crippen LogP contribution in [-0.4, -0.2) is 6.61 Å². The Hall–Kier alpha value is -1.15. The largest absolute Gasteiger partial charge is 0.435 e. The number of ether oxygens (including phenoxy) is 1. The minimum absolute atomic E-state index is 0.120. The number of nitriles is 1. The first-order valence-corrected chi connectivity index (χ1v) is 5.03. The highest BCUT2D eigenvalue weighted by Crippen LogP contribution is 2.26. The van der Waals surface area contributed by atoms with Crippen LogP contribution in [0.3, 0.4) is 0 Å². The van der Waals surface area contributed by atoms with Gasteiger partial charge in [0.05, 0.1) is 6.07 Å². The Morgan fingerprint density at radius 2 is 2.20 bits per heavy atom. The van der Waals surface area contributed by atoms with Gasteiger partial charge in [-0.05, 0) is 24.1 Å². The average molecular weight is 276 g/mol. The van der Waals surface area contributed by atoms with Crippen LogP contribution in [0.5, 0.6) is 5.75 Å². The van der Waals surface area contributed by atoms with Crippen molar-refractivity contribution in [3.8, 4) is 11.8 Å². The molecule has 0 aliphatic heterocycles. The molecule has 5 heteroatoms. The monoisotopic (exact) mass is 275 g/mol. The lowest BCUT2D eigenvalue weighted by Gasteiger charge is -2.09. The lowest BCUT2D eigenvalue weighted by molar-refractivity contribution is -0.0504. The van der Waals surface area contributed by atoms with Gasteiger partial charge in [-0.25, -0.2) is 0 Å². The molecule has 0 aliphatic carbocycles. The van der Waals surface area contributed by atoms with Crippen LogP contribution in [-0.2, 0) is 6.42 Å². The van der Waals surface area contributed by atoms with Crippen molar-refractivity contribution in [2.75, 3.05) is 0 Å². The fourth-order valence-electron chi connectivity index (χ4n) is 1.13. The van der Waals surface area contributed by atoms with E-state index in [1.165, 1.54) is 6.07 Å². The molecule has 0 saturated carbocycles. The molecule has 0 unspecified atom stereocenters. The van der Waals surface area contributed by atoms with Crippen LogP contribution >= 0.6 is 15.9 Å². The van der Waals surface area contributed by atoms with Crippen LogP contribution in [0, 0.1) is 11.3 Å². The number of alkyl halides is 2. The van der Waals surface area contributed by atoms with Crippen LogP contribution in [0.25, 0.3) is 0 Å². The Bertz CT molecular complexity index is 376. The number of halogens is 3. The highest BCUT2D eigenvalue weighted by molar-refractivity contribution is 9.10. The Balaban J connectivity index is 2.88. The molecule has 1 aromatic carbocycles. The first kappa shape index (κ1) is 11.9. The van der Waals surface area contributed by atoms with E-state index in [1.807, 2.05) is 6.07 Å². The predicted molar refractivity (Wildman–Crippen MR) is 54.7 cm³/mol. The molecule has 1 aromatic rings. The molecule has 0 saturated heterocycles. The molecular formula is C10H8BrF2NO. The van der Waals surface area contributed by atoms with Crippen molar-refractivity contribution in [3.05, 3.63) is 28.2 Å². The maximum atomic E-state index is 12.1. The van der Waals surface area contributed by atoms with E-state index < -0.39 is 6.61 Å². The molecule has 0 aliphatic rings. The van der Waals surface area contributed by atoms with E-state index in [0.717, 1.165) is 0 Å². The van der Waals surface area contributed by atoms with Crippen molar-refractivity contribution in [2.45, 2.75) is 19.5 Å². The number of hydrogen-bond donors (Lipinski definition) is 0. The van der Waals surface area contributed by atoms with Gasteiger partial charge in [0.1, 0.15) is 5.75 Å². The van der Waals surface area contributed by atoms with Gasteiger partial charge in [0.25, 0.3) is 0 Å². The summed E-state index contributed by atoms with van der Waals surface area (Å²) >= 11 is 3.16. The Labute approximate surface area is 94.6 Å². The molecular weight excluding hydrogens is 268 g/mol. The van der Waals surface area contributed by atoms with Gasteiger partial charge in [-0.15, -0.1) is 0 Å². The summed E-state index contributed by atoms with van der Waals surface area (Å²) < 4.78 is 29.1. The second kappa shape index (κ2) is 5.66. The Kier molecular flexibility index (Phi) is 4.50. The van der Waals surface area contributed by atoms with Gasteiger partial charge < -0.3 is 4.74 Å². The molecule has 80 valence electrons. The van der Waals surface area contributed by atoms with Gasteiger partial charge in [-0.2, -0.15) is 14.0 Å². The zero-order valence-electron chi connectivity index (χ0n) is 7.71. The van der Waals surface area contributed by atoms with E-state index in [0.29, 0.717) is 16.5 Å². The van der Waals surface area contributed by atoms with Crippen LogP contribution < -0.4 is 4.74 Å². The molecule has 0 N–H and O–H groups in total. The molecule has 0 amide bonds. The normalized spacial score (nSPS) is 10.1. The summed E-state index contributed by atoms with van der Waals surface area (Å²) in [5, 5.41) is 8.41. The van der Waals surface area contributed by atoms with E-state index in [1.54, 1.807) is 12.1 Å². The molecule has 0 aromatic heterocycles. The number of nitrogens with zero attached hydrogens (tertiary/aromatic N) is 1. The smallest absolute Gasteiger partial charge is 0.387 e. The highest BCUT2D eigenvalue weighted by Gasteiger charge is 2.09. The predicted octanol–water partition coefficient (Wildman–Crippen LogP) is 3.51. The summed E-state index contributed by atoms with van der Waals surface area (Å²) in [4.78, 5) is 0. The first-order chi connectivity index (χ1) is 7.13. The highest BCUT2D eigenvalue weighted by atomic mass is 79.9. The standard InChI is InChI=1S/C10H8BrF2NO/c11-8-4-3-7(2-1-5-14)9(6-8)15-10(12)13/h3-4,6,10H,1-2H2. The SMILES string of the molecule is N#CCCc1ccc(Br)cc1OC(F)F. The van der Waals surface area contributed by atoms with E-state index in [2.05, 4.69) is 20.7 Å². The zero-order valence-corrected chi connectivity index (χ0v) is 9.30. The van der Waals surface area contributed by atoms with Crippen LogP contribution in [0.15, 0.2) is 22.7 Å². The fourth-order valence-corrected chi connectivity index (χ4v) is 1.47. The number of aryl methyl sites for hydroxylation is 1. The topological polar surface area (TPSA) is 33.0 Å². The summed E-state index contributed by atoms with van der Waals surface area (Å²) in [6, 6.07) is 6.82. The molecule has 15 heavy (non-hydrogen) atoms. The summed E-state index contributed by atoms with van der Waals surface area (Å²) in [5.41, 5.74) is 0.611. The van der Waals surface area contributed by atoms with Crippen molar-refractivity contribution in [3.63, 3.8) is 0 Å². The second-order valence-electron chi connectivity index (χ2n) is 2.79. The van der Waals surface area contributed by atoms with Gasteiger partial charge in [-0.3, -0.25) is 0 Å². The van der Waals surface area contributed by atoms with Gasteiger partial charge in [-0.1, -0.05) is 22.0 Å².